The standard InChI is InChI=1S/C13H15N3O2S/c1-2-6-11-9-14-13(15-10-11)16-19(17,18)12-7-4-3-5-8-12/h3-5,7-10H,2,6H2,1H3,(H,14,15,16). The van der Waals surface area contributed by atoms with Crippen molar-refractivity contribution in [3.63, 3.8) is 0 Å². The molecule has 0 bridgehead atoms. The molecule has 0 saturated heterocycles. The molecule has 0 atom stereocenters. The molecule has 0 amide bonds. The maximum absolute atomic E-state index is 12.0. The van der Waals surface area contributed by atoms with E-state index >= 15 is 0 Å². The molecule has 2 rings (SSSR count). The van der Waals surface area contributed by atoms with Crippen LogP contribution < -0.4 is 4.72 Å². The van der Waals surface area contributed by atoms with Crippen LogP contribution in [0.15, 0.2) is 47.6 Å². The van der Waals surface area contributed by atoms with Gasteiger partial charge in [0, 0.05) is 12.4 Å². The molecule has 0 aliphatic rings. The molecule has 6 heteroatoms. The predicted octanol–water partition coefficient (Wildman–Crippen LogP) is 2.23. The van der Waals surface area contributed by atoms with Crippen molar-refractivity contribution in [3.8, 4) is 0 Å². The quantitative estimate of drug-likeness (QED) is 0.909. The van der Waals surface area contributed by atoms with E-state index < -0.39 is 10.0 Å². The molecule has 5 nitrogen and oxygen atoms in total. The number of benzene rings is 1. The summed E-state index contributed by atoms with van der Waals surface area (Å²) in [6, 6.07) is 8.14. The molecule has 0 aliphatic carbocycles. The normalized spacial score (nSPS) is 11.2. The van der Waals surface area contributed by atoms with Gasteiger partial charge in [0.15, 0.2) is 0 Å². The van der Waals surface area contributed by atoms with Gasteiger partial charge in [0.25, 0.3) is 10.0 Å². The monoisotopic (exact) mass is 277 g/mol. The molecule has 19 heavy (non-hydrogen) atoms. The molecular formula is C13H15N3O2S. The van der Waals surface area contributed by atoms with Gasteiger partial charge in [0.05, 0.1) is 4.90 Å². The molecule has 0 saturated carbocycles. The van der Waals surface area contributed by atoms with E-state index in [-0.39, 0.29) is 10.8 Å². The van der Waals surface area contributed by atoms with E-state index in [1.54, 1.807) is 30.6 Å². The number of anilines is 1. The lowest BCUT2D eigenvalue weighted by Gasteiger charge is -2.06. The summed E-state index contributed by atoms with van der Waals surface area (Å²) in [7, 11) is -3.61. The van der Waals surface area contributed by atoms with Crippen molar-refractivity contribution < 1.29 is 8.42 Å². The van der Waals surface area contributed by atoms with Crippen LogP contribution in [0, 0.1) is 0 Å². The molecular weight excluding hydrogens is 262 g/mol. The van der Waals surface area contributed by atoms with Crippen LogP contribution in [0.25, 0.3) is 0 Å². The number of hydrogen-bond donors (Lipinski definition) is 1. The molecule has 1 aromatic heterocycles. The SMILES string of the molecule is CCCc1cnc(NS(=O)(=O)c2ccccc2)nc1. The zero-order chi connectivity index (χ0) is 13.7. The van der Waals surface area contributed by atoms with Crippen molar-refractivity contribution in [2.24, 2.45) is 0 Å². The highest BCUT2D eigenvalue weighted by atomic mass is 32.2. The molecule has 0 unspecified atom stereocenters. The van der Waals surface area contributed by atoms with Crippen molar-refractivity contribution >= 4 is 16.0 Å². The Morgan fingerprint density at radius 2 is 1.74 bits per heavy atom. The van der Waals surface area contributed by atoms with Gasteiger partial charge in [-0.05, 0) is 24.1 Å². The highest BCUT2D eigenvalue weighted by molar-refractivity contribution is 7.92. The minimum absolute atomic E-state index is 0.0868. The van der Waals surface area contributed by atoms with Crippen LogP contribution in [0.3, 0.4) is 0 Å². The van der Waals surface area contributed by atoms with Gasteiger partial charge in [-0.1, -0.05) is 31.5 Å². The van der Waals surface area contributed by atoms with E-state index in [0.29, 0.717) is 0 Å². The first-order chi connectivity index (χ1) is 9.12. The number of rotatable bonds is 5. The fraction of sp³-hybridized carbons (Fsp3) is 0.231. The summed E-state index contributed by atoms with van der Waals surface area (Å²) in [6.45, 7) is 2.06. The molecule has 0 aliphatic heterocycles. The van der Waals surface area contributed by atoms with Crippen molar-refractivity contribution in [1.29, 1.82) is 0 Å². The summed E-state index contributed by atoms with van der Waals surface area (Å²) in [6.07, 6.45) is 5.16. The van der Waals surface area contributed by atoms with Gasteiger partial charge in [0.1, 0.15) is 0 Å². The number of sulfonamides is 1. The summed E-state index contributed by atoms with van der Waals surface area (Å²) in [5, 5.41) is 0. The van der Waals surface area contributed by atoms with Crippen LogP contribution in [0.2, 0.25) is 0 Å². The van der Waals surface area contributed by atoms with Crippen LogP contribution in [0.5, 0.6) is 0 Å². The molecule has 1 aromatic carbocycles. The van der Waals surface area contributed by atoms with Gasteiger partial charge < -0.3 is 0 Å². The molecule has 0 fully saturated rings. The maximum atomic E-state index is 12.0. The minimum atomic E-state index is -3.61. The first-order valence-electron chi connectivity index (χ1n) is 6.00. The van der Waals surface area contributed by atoms with Gasteiger partial charge in [-0.2, -0.15) is 0 Å². The average molecular weight is 277 g/mol. The molecule has 1 N–H and O–H groups in total. The van der Waals surface area contributed by atoms with Crippen LogP contribution in [-0.2, 0) is 16.4 Å². The number of hydrogen-bond acceptors (Lipinski definition) is 4. The maximum Gasteiger partial charge on any atom is 0.264 e. The number of aromatic nitrogens is 2. The van der Waals surface area contributed by atoms with Crippen molar-refractivity contribution in [1.82, 2.24) is 9.97 Å². The summed E-state index contributed by atoms with van der Waals surface area (Å²) in [5.41, 5.74) is 0.991. The highest BCUT2D eigenvalue weighted by Crippen LogP contribution is 2.12. The fourth-order valence-electron chi connectivity index (χ4n) is 1.60. The van der Waals surface area contributed by atoms with Crippen molar-refractivity contribution in [3.05, 3.63) is 48.3 Å². The second-order valence-electron chi connectivity index (χ2n) is 4.08. The van der Waals surface area contributed by atoms with Crippen LogP contribution >= 0.6 is 0 Å². The van der Waals surface area contributed by atoms with Gasteiger partial charge >= 0.3 is 0 Å². The molecule has 2 aromatic rings. The molecule has 0 spiro atoms. The van der Waals surface area contributed by atoms with Gasteiger partial charge in [0.2, 0.25) is 5.95 Å². The summed E-state index contributed by atoms with van der Waals surface area (Å²) in [4.78, 5) is 8.20. The second kappa shape index (κ2) is 5.79. The molecule has 0 radical (unpaired) electrons. The topological polar surface area (TPSA) is 72.0 Å². The Morgan fingerprint density at radius 3 is 2.32 bits per heavy atom. The summed E-state index contributed by atoms with van der Waals surface area (Å²) in [5.74, 6) is 0.0868. The third kappa shape index (κ3) is 3.51. The van der Waals surface area contributed by atoms with Crippen LogP contribution in [0.4, 0.5) is 5.95 Å². The third-order valence-electron chi connectivity index (χ3n) is 2.52. The van der Waals surface area contributed by atoms with E-state index in [4.69, 9.17) is 0 Å². The van der Waals surface area contributed by atoms with Crippen molar-refractivity contribution in [2.75, 3.05) is 4.72 Å². The Labute approximate surface area is 112 Å². The lowest BCUT2D eigenvalue weighted by molar-refractivity contribution is 0.601. The lowest BCUT2D eigenvalue weighted by Crippen LogP contribution is -2.14. The van der Waals surface area contributed by atoms with E-state index in [0.717, 1.165) is 18.4 Å². The number of nitrogens with one attached hydrogen (secondary N) is 1. The summed E-state index contributed by atoms with van der Waals surface area (Å²) >= 11 is 0. The first-order valence-corrected chi connectivity index (χ1v) is 7.49. The lowest BCUT2D eigenvalue weighted by atomic mass is 10.2. The highest BCUT2D eigenvalue weighted by Gasteiger charge is 2.14. The Balaban J connectivity index is 2.17. The Kier molecular flexibility index (Phi) is 4.11. The van der Waals surface area contributed by atoms with Gasteiger partial charge in [-0.3, -0.25) is 0 Å². The molecule has 100 valence electrons. The Hall–Kier alpha value is -1.95. The zero-order valence-corrected chi connectivity index (χ0v) is 11.4. The van der Waals surface area contributed by atoms with Crippen LogP contribution in [0.1, 0.15) is 18.9 Å². The minimum Gasteiger partial charge on any atom is -0.247 e. The summed E-state index contributed by atoms with van der Waals surface area (Å²) < 4.78 is 26.4. The van der Waals surface area contributed by atoms with E-state index in [9.17, 15) is 8.42 Å². The van der Waals surface area contributed by atoms with Crippen LogP contribution in [-0.4, -0.2) is 18.4 Å². The smallest absolute Gasteiger partial charge is 0.247 e. The van der Waals surface area contributed by atoms with Crippen molar-refractivity contribution in [2.45, 2.75) is 24.7 Å². The third-order valence-corrected chi connectivity index (χ3v) is 3.87. The van der Waals surface area contributed by atoms with E-state index in [2.05, 4.69) is 21.6 Å². The van der Waals surface area contributed by atoms with Gasteiger partial charge in [-0.15, -0.1) is 0 Å². The van der Waals surface area contributed by atoms with Gasteiger partial charge in [-0.25, -0.2) is 23.1 Å². The molecule has 1 heterocycles. The van der Waals surface area contributed by atoms with E-state index in [1.807, 2.05) is 0 Å². The Morgan fingerprint density at radius 1 is 1.11 bits per heavy atom. The number of nitrogens with zero attached hydrogens (tertiary/aromatic N) is 2. The zero-order valence-electron chi connectivity index (χ0n) is 10.6. The first kappa shape index (κ1) is 13.5. The largest absolute Gasteiger partial charge is 0.264 e. The second-order valence-corrected chi connectivity index (χ2v) is 5.77. The fourth-order valence-corrected chi connectivity index (χ4v) is 2.58. The Bertz CT molecular complexity index is 625. The number of aryl methyl sites for hydroxylation is 1. The van der Waals surface area contributed by atoms with E-state index in [1.165, 1.54) is 12.1 Å². The average Bonchev–Trinajstić information content (AvgIpc) is 2.42. The predicted molar refractivity (Wildman–Crippen MR) is 73.3 cm³/mol.